The molecule has 7 heavy (non-hydrogen) atoms. The van der Waals surface area contributed by atoms with Crippen LogP contribution in [-0.4, -0.2) is 19.8 Å². The maximum Gasteiger partial charge on any atom is 0.112 e. The second-order valence-corrected chi connectivity index (χ2v) is 1.41. The van der Waals surface area contributed by atoms with Gasteiger partial charge in [-0.25, -0.2) is 0 Å². The molecule has 0 aromatic rings. The van der Waals surface area contributed by atoms with Crippen molar-refractivity contribution < 1.29 is 4.74 Å². The van der Waals surface area contributed by atoms with Gasteiger partial charge in [-0.15, -0.1) is 0 Å². The van der Waals surface area contributed by atoms with Gasteiger partial charge in [-0.05, 0) is 6.92 Å². The summed E-state index contributed by atoms with van der Waals surface area (Å²) in [6.45, 7) is 2.12. The van der Waals surface area contributed by atoms with Crippen LogP contribution < -0.4 is 0 Å². The second-order valence-electron chi connectivity index (χ2n) is 1.41. The zero-order valence-corrected chi connectivity index (χ0v) is 4.55. The van der Waals surface area contributed by atoms with Gasteiger partial charge >= 0.3 is 0 Å². The highest BCUT2D eigenvalue weighted by Gasteiger charge is 1.95. The van der Waals surface area contributed by atoms with Crippen LogP contribution in [-0.2, 0) is 4.74 Å². The van der Waals surface area contributed by atoms with Crippen molar-refractivity contribution in [2.24, 2.45) is 5.18 Å². The maximum atomic E-state index is 9.56. The van der Waals surface area contributed by atoms with Crippen LogP contribution in [0.1, 0.15) is 6.92 Å². The molecular weight excluding hydrogens is 94.0 g/mol. The van der Waals surface area contributed by atoms with Crippen LogP contribution in [0.2, 0.25) is 0 Å². The van der Waals surface area contributed by atoms with Crippen LogP contribution in [0.15, 0.2) is 5.18 Å². The average molecular weight is 103 g/mol. The first-order chi connectivity index (χ1) is 3.31. The van der Waals surface area contributed by atoms with Gasteiger partial charge in [-0.2, -0.15) is 4.91 Å². The number of hydrogen-bond donors (Lipinski definition) is 0. The molecule has 42 valence electrons. The molecule has 0 saturated carbocycles. The van der Waals surface area contributed by atoms with Crippen molar-refractivity contribution in [2.45, 2.75) is 13.0 Å². The van der Waals surface area contributed by atoms with E-state index in [2.05, 4.69) is 9.91 Å². The lowest BCUT2D eigenvalue weighted by atomic mass is 10.4. The first-order valence-electron chi connectivity index (χ1n) is 2.12. The van der Waals surface area contributed by atoms with Gasteiger partial charge in [0.15, 0.2) is 0 Å². The Morgan fingerprint density at radius 1 is 1.86 bits per heavy atom. The molecule has 0 aromatic carbocycles. The molecule has 0 rings (SSSR count). The molecule has 0 unspecified atom stereocenters. The van der Waals surface area contributed by atoms with E-state index in [9.17, 15) is 4.91 Å². The van der Waals surface area contributed by atoms with Crippen molar-refractivity contribution in [1.29, 1.82) is 0 Å². The molecule has 3 nitrogen and oxygen atoms in total. The van der Waals surface area contributed by atoms with Gasteiger partial charge in [0, 0.05) is 7.11 Å². The molecule has 0 saturated heterocycles. The summed E-state index contributed by atoms with van der Waals surface area (Å²) >= 11 is 0. The van der Waals surface area contributed by atoms with Crippen LogP contribution in [0.25, 0.3) is 0 Å². The number of hydrogen-bond acceptors (Lipinski definition) is 3. The SMILES string of the molecule is COC[C@@H](C)N=O. The predicted molar refractivity (Wildman–Crippen MR) is 27.1 cm³/mol. The number of rotatable bonds is 3. The standard InChI is InChI=1S/C4H9NO2/c1-4(5-6)3-7-2/h4H,3H2,1-2H3/t4-/m1/s1. The van der Waals surface area contributed by atoms with Gasteiger partial charge in [-0.3, -0.25) is 0 Å². The van der Waals surface area contributed by atoms with E-state index in [4.69, 9.17) is 0 Å². The maximum absolute atomic E-state index is 9.56. The zero-order valence-electron chi connectivity index (χ0n) is 4.55. The van der Waals surface area contributed by atoms with Crippen LogP contribution >= 0.6 is 0 Å². The third-order valence-corrected chi connectivity index (χ3v) is 0.588. The van der Waals surface area contributed by atoms with E-state index in [-0.39, 0.29) is 6.04 Å². The normalized spacial score (nSPS) is 13.4. The Hall–Kier alpha value is -0.440. The lowest BCUT2D eigenvalue weighted by Crippen LogP contribution is -2.04. The summed E-state index contributed by atoms with van der Waals surface area (Å²) in [5.41, 5.74) is 0. The Morgan fingerprint density at radius 2 is 2.43 bits per heavy atom. The van der Waals surface area contributed by atoms with Gasteiger partial charge in [0.05, 0.1) is 6.61 Å². The van der Waals surface area contributed by atoms with Gasteiger partial charge in [0.2, 0.25) is 0 Å². The molecular formula is C4H9NO2. The zero-order chi connectivity index (χ0) is 5.70. The number of methoxy groups -OCH3 is 1. The highest BCUT2D eigenvalue weighted by Crippen LogP contribution is 1.85. The first-order valence-corrected chi connectivity index (χ1v) is 2.12. The molecule has 0 N–H and O–H groups in total. The third kappa shape index (κ3) is 3.39. The molecule has 0 bridgehead atoms. The molecule has 1 atom stereocenters. The van der Waals surface area contributed by atoms with Gasteiger partial charge in [-0.1, -0.05) is 5.18 Å². The van der Waals surface area contributed by atoms with Crippen LogP contribution in [0, 0.1) is 4.91 Å². The van der Waals surface area contributed by atoms with Crippen molar-refractivity contribution in [3.8, 4) is 0 Å². The Morgan fingerprint density at radius 3 is 2.57 bits per heavy atom. The van der Waals surface area contributed by atoms with Crippen LogP contribution in [0.4, 0.5) is 0 Å². The van der Waals surface area contributed by atoms with Crippen molar-refractivity contribution in [3.63, 3.8) is 0 Å². The lowest BCUT2D eigenvalue weighted by Gasteiger charge is -1.95. The minimum absolute atomic E-state index is 0.204. The van der Waals surface area contributed by atoms with Gasteiger partial charge < -0.3 is 4.74 Å². The van der Waals surface area contributed by atoms with Crippen molar-refractivity contribution in [3.05, 3.63) is 4.91 Å². The van der Waals surface area contributed by atoms with E-state index in [1.54, 1.807) is 14.0 Å². The Balaban J connectivity index is 2.98. The topological polar surface area (TPSA) is 38.7 Å². The van der Waals surface area contributed by atoms with Crippen molar-refractivity contribution in [2.75, 3.05) is 13.7 Å². The molecule has 0 aliphatic heterocycles. The monoisotopic (exact) mass is 103 g/mol. The fourth-order valence-corrected chi connectivity index (χ4v) is 0.272. The summed E-state index contributed by atoms with van der Waals surface area (Å²) < 4.78 is 4.60. The largest absolute Gasteiger partial charge is 0.382 e. The van der Waals surface area contributed by atoms with Crippen molar-refractivity contribution >= 4 is 0 Å². The van der Waals surface area contributed by atoms with Gasteiger partial charge in [0.25, 0.3) is 0 Å². The fraction of sp³-hybridized carbons (Fsp3) is 1.00. The molecule has 0 aromatic heterocycles. The molecule has 0 fully saturated rings. The number of nitrogens with zero attached hydrogens (tertiary/aromatic N) is 1. The van der Waals surface area contributed by atoms with E-state index >= 15 is 0 Å². The molecule has 0 spiro atoms. The van der Waals surface area contributed by atoms with Crippen LogP contribution in [0.5, 0.6) is 0 Å². The number of nitroso groups, excluding NO2 is 1. The lowest BCUT2D eigenvalue weighted by molar-refractivity contribution is 0.185. The molecule has 0 radical (unpaired) electrons. The van der Waals surface area contributed by atoms with Crippen molar-refractivity contribution in [1.82, 2.24) is 0 Å². The van der Waals surface area contributed by atoms with E-state index in [1.165, 1.54) is 0 Å². The second kappa shape index (κ2) is 3.74. The summed E-state index contributed by atoms with van der Waals surface area (Å²) in [6, 6.07) is -0.204. The summed E-state index contributed by atoms with van der Waals surface area (Å²) in [5, 5.41) is 2.70. The van der Waals surface area contributed by atoms with Crippen LogP contribution in [0.3, 0.4) is 0 Å². The van der Waals surface area contributed by atoms with E-state index < -0.39 is 0 Å². The number of ether oxygens (including phenoxy) is 1. The Bertz CT molecular complexity index is 55.7. The Labute approximate surface area is 42.6 Å². The molecule has 3 heteroatoms. The molecule has 0 heterocycles. The van der Waals surface area contributed by atoms with E-state index in [1.807, 2.05) is 0 Å². The summed E-state index contributed by atoms with van der Waals surface area (Å²) in [4.78, 5) is 9.56. The predicted octanol–water partition coefficient (Wildman–Crippen LogP) is 0.788. The van der Waals surface area contributed by atoms with E-state index in [0.29, 0.717) is 6.61 Å². The van der Waals surface area contributed by atoms with Gasteiger partial charge in [0.1, 0.15) is 6.04 Å². The summed E-state index contributed by atoms with van der Waals surface area (Å²) in [7, 11) is 1.54. The summed E-state index contributed by atoms with van der Waals surface area (Å²) in [5.74, 6) is 0. The molecule has 0 aliphatic carbocycles. The quantitative estimate of drug-likeness (QED) is 0.495. The molecule has 0 amide bonds. The van der Waals surface area contributed by atoms with E-state index in [0.717, 1.165) is 0 Å². The average Bonchev–Trinajstić information content (AvgIpc) is 1.68. The summed E-state index contributed by atoms with van der Waals surface area (Å²) in [6.07, 6.45) is 0. The Kier molecular flexibility index (Phi) is 3.50. The first kappa shape index (κ1) is 6.56. The minimum Gasteiger partial charge on any atom is -0.382 e. The highest BCUT2D eigenvalue weighted by atomic mass is 16.5. The highest BCUT2D eigenvalue weighted by molar-refractivity contribution is 4.53. The molecule has 0 aliphatic rings. The third-order valence-electron chi connectivity index (χ3n) is 0.588. The smallest absolute Gasteiger partial charge is 0.112 e. The fourth-order valence-electron chi connectivity index (χ4n) is 0.272. The minimum atomic E-state index is -0.204.